The van der Waals surface area contributed by atoms with Gasteiger partial charge in [0.2, 0.25) is 5.91 Å². The maximum Gasteiger partial charge on any atom is 0.331 e. The Morgan fingerprint density at radius 3 is 2.20 bits per heavy atom. The molecule has 0 heterocycles. The number of rotatable bonds is 8. The molecule has 1 amide bonds. The fourth-order valence-electron chi connectivity index (χ4n) is 1.12. The molecule has 114 valence electrons. The molecule has 0 aromatic rings. The van der Waals surface area contributed by atoms with Crippen LogP contribution >= 0.6 is 0 Å². The highest BCUT2D eigenvalue weighted by molar-refractivity contribution is 5.91. The maximum absolute atomic E-state index is 11.2. The second kappa shape index (κ2) is 10.00. The van der Waals surface area contributed by atoms with Crippen LogP contribution in [-0.4, -0.2) is 37.1 Å². The molecular weight excluding hydrogens is 262 g/mol. The second-order valence-corrected chi connectivity index (χ2v) is 4.79. The Kier molecular flexibility index (Phi) is 9.07. The van der Waals surface area contributed by atoms with E-state index in [9.17, 15) is 14.4 Å². The molecule has 0 aromatic heterocycles. The molecule has 0 aromatic carbocycles. The van der Waals surface area contributed by atoms with Crippen molar-refractivity contribution in [3.05, 3.63) is 12.2 Å². The molecule has 0 fully saturated rings. The van der Waals surface area contributed by atoms with Gasteiger partial charge in [0, 0.05) is 24.6 Å². The monoisotopic (exact) mass is 285 g/mol. The highest BCUT2D eigenvalue weighted by Gasteiger charge is 2.05. The maximum atomic E-state index is 11.2. The van der Waals surface area contributed by atoms with E-state index in [4.69, 9.17) is 9.47 Å². The first-order chi connectivity index (χ1) is 9.32. The van der Waals surface area contributed by atoms with Crippen LogP contribution in [0.2, 0.25) is 0 Å². The number of esters is 2. The average Bonchev–Trinajstić information content (AvgIpc) is 2.34. The lowest BCUT2D eigenvalue weighted by Gasteiger charge is -2.07. The van der Waals surface area contributed by atoms with Crippen molar-refractivity contribution >= 4 is 17.8 Å². The zero-order chi connectivity index (χ0) is 15.5. The third-order valence-corrected chi connectivity index (χ3v) is 2.10. The van der Waals surface area contributed by atoms with Gasteiger partial charge in [-0.3, -0.25) is 4.79 Å². The molecule has 0 aliphatic rings. The van der Waals surface area contributed by atoms with Gasteiger partial charge < -0.3 is 14.8 Å². The van der Waals surface area contributed by atoms with E-state index in [1.807, 2.05) is 0 Å². The summed E-state index contributed by atoms with van der Waals surface area (Å²) in [6, 6.07) is 0. The van der Waals surface area contributed by atoms with E-state index in [0.29, 0.717) is 13.0 Å². The largest absolute Gasteiger partial charge is 0.462 e. The molecule has 0 spiro atoms. The first-order valence-corrected chi connectivity index (χ1v) is 6.66. The van der Waals surface area contributed by atoms with Crippen molar-refractivity contribution in [3.8, 4) is 0 Å². The normalized spacial score (nSPS) is 10.9. The molecule has 0 atom stereocenters. The number of ether oxygens (including phenoxy) is 2. The van der Waals surface area contributed by atoms with Gasteiger partial charge in [0.25, 0.3) is 0 Å². The standard InChI is InChI=1S/C14H23NO5/c1-10(2)14(18)15-8-5-9-19-12(16)6-7-13(17)20-11(3)4/h6-7,10-11H,5,8-9H2,1-4H3,(H,15,18)/b7-6+. The van der Waals surface area contributed by atoms with Crippen LogP contribution in [-0.2, 0) is 23.9 Å². The van der Waals surface area contributed by atoms with E-state index in [1.165, 1.54) is 0 Å². The minimum absolute atomic E-state index is 0.0346. The molecule has 6 heteroatoms. The van der Waals surface area contributed by atoms with Crippen LogP contribution in [0, 0.1) is 5.92 Å². The van der Waals surface area contributed by atoms with Crippen LogP contribution in [0.3, 0.4) is 0 Å². The van der Waals surface area contributed by atoms with Gasteiger partial charge in [-0.05, 0) is 20.3 Å². The van der Waals surface area contributed by atoms with Crippen molar-refractivity contribution in [2.45, 2.75) is 40.2 Å². The Balaban J connectivity index is 3.71. The van der Waals surface area contributed by atoms with Crippen molar-refractivity contribution in [1.82, 2.24) is 5.32 Å². The SMILES string of the molecule is CC(C)OC(=O)/C=C/C(=O)OCCCNC(=O)C(C)C. The predicted molar refractivity (Wildman–Crippen MR) is 73.8 cm³/mol. The lowest BCUT2D eigenvalue weighted by atomic mass is 10.2. The van der Waals surface area contributed by atoms with Crippen LogP contribution in [0.25, 0.3) is 0 Å². The van der Waals surface area contributed by atoms with Crippen LogP contribution in [0.4, 0.5) is 0 Å². The predicted octanol–water partition coefficient (Wildman–Crippen LogP) is 1.20. The molecule has 0 aliphatic carbocycles. The molecule has 0 aliphatic heterocycles. The smallest absolute Gasteiger partial charge is 0.331 e. The fourth-order valence-corrected chi connectivity index (χ4v) is 1.12. The lowest BCUT2D eigenvalue weighted by molar-refractivity contribution is -0.142. The molecule has 0 saturated heterocycles. The quantitative estimate of drug-likeness (QED) is 0.412. The first-order valence-electron chi connectivity index (χ1n) is 6.66. The van der Waals surface area contributed by atoms with Crippen LogP contribution in [0.1, 0.15) is 34.1 Å². The highest BCUT2D eigenvalue weighted by atomic mass is 16.5. The van der Waals surface area contributed by atoms with Gasteiger partial charge in [0.1, 0.15) is 0 Å². The van der Waals surface area contributed by atoms with E-state index in [1.54, 1.807) is 27.7 Å². The number of nitrogens with one attached hydrogen (secondary N) is 1. The molecule has 0 rings (SSSR count). The number of carbonyl (C=O) groups is 3. The Bertz CT molecular complexity index is 361. The van der Waals surface area contributed by atoms with Crippen LogP contribution in [0.15, 0.2) is 12.2 Å². The van der Waals surface area contributed by atoms with E-state index in [-0.39, 0.29) is 24.5 Å². The zero-order valence-electron chi connectivity index (χ0n) is 12.5. The molecule has 0 unspecified atom stereocenters. The van der Waals surface area contributed by atoms with Gasteiger partial charge in [0.05, 0.1) is 12.7 Å². The van der Waals surface area contributed by atoms with Gasteiger partial charge in [-0.2, -0.15) is 0 Å². The van der Waals surface area contributed by atoms with E-state index < -0.39 is 11.9 Å². The summed E-state index contributed by atoms with van der Waals surface area (Å²) in [4.78, 5) is 33.6. The number of amides is 1. The van der Waals surface area contributed by atoms with Crippen molar-refractivity contribution in [3.63, 3.8) is 0 Å². The van der Waals surface area contributed by atoms with Crippen molar-refractivity contribution in [2.75, 3.05) is 13.2 Å². The summed E-state index contributed by atoms with van der Waals surface area (Å²) in [6.07, 6.45) is 2.35. The van der Waals surface area contributed by atoms with Gasteiger partial charge in [-0.15, -0.1) is 0 Å². The highest BCUT2D eigenvalue weighted by Crippen LogP contribution is 1.93. The molecule has 20 heavy (non-hydrogen) atoms. The molecule has 0 bridgehead atoms. The van der Waals surface area contributed by atoms with Gasteiger partial charge in [0.15, 0.2) is 0 Å². The summed E-state index contributed by atoms with van der Waals surface area (Å²) >= 11 is 0. The van der Waals surface area contributed by atoms with Gasteiger partial charge in [-0.1, -0.05) is 13.8 Å². The van der Waals surface area contributed by atoms with Gasteiger partial charge >= 0.3 is 11.9 Å². The zero-order valence-corrected chi connectivity index (χ0v) is 12.5. The Labute approximate surface area is 119 Å². The fraction of sp³-hybridized carbons (Fsp3) is 0.643. The van der Waals surface area contributed by atoms with Crippen molar-refractivity contribution in [2.24, 2.45) is 5.92 Å². The topological polar surface area (TPSA) is 81.7 Å². The summed E-state index contributed by atoms with van der Waals surface area (Å²) in [5.41, 5.74) is 0. The summed E-state index contributed by atoms with van der Waals surface area (Å²) in [5, 5.41) is 2.71. The third kappa shape index (κ3) is 10.1. The van der Waals surface area contributed by atoms with Crippen molar-refractivity contribution in [1.29, 1.82) is 0 Å². The number of hydrogen-bond donors (Lipinski definition) is 1. The van der Waals surface area contributed by atoms with E-state index in [0.717, 1.165) is 12.2 Å². The summed E-state index contributed by atoms with van der Waals surface area (Å²) in [6.45, 7) is 7.67. The summed E-state index contributed by atoms with van der Waals surface area (Å²) < 4.78 is 9.67. The molecule has 0 saturated carbocycles. The molecular formula is C14H23NO5. The Hall–Kier alpha value is -1.85. The van der Waals surface area contributed by atoms with Crippen LogP contribution < -0.4 is 5.32 Å². The first kappa shape index (κ1) is 18.1. The average molecular weight is 285 g/mol. The molecule has 0 radical (unpaired) electrons. The van der Waals surface area contributed by atoms with Crippen molar-refractivity contribution < 1.29 is 23.9 Å². The van der Waals surface area contributed by atoms with Crippen LogP contribution in [0.5, 0.6) is 0 Å². The Morgan fingerprint density at radius 2 is 1.65 bits per heavy atom. The minimum atomic E-state index is -0.610. The molecule has 1 N–H and O–H groups in total. The summed E-state index contributed by atoms with van der Waals surface area (Å²) in [7, 11) is 0. The summed E-state index contributed by atoms with van der Waals surface area (Å²) in [5.74, 6) is -1.29. The second-order valence-electron chi connectivity index (χ2n) is 4.79. The number of hydrogen-bond acceptors (Lipinski definition) is 5. The lowest BCUT2D eigenvalue weighted by Crippen LogP contribution is -2.29. The van der Waals surface area contributed by atoms with E-state index in [2.05, 4.69) is 5.32 Å². The Morgan fingerprint density at radius 1 is 1.05 bits per heavy atom. The third-order valence-electron chi connectivity index (χ3n) is 2.10. The van der Waals surface area contributed by atoms with E-state index >= 15 is 0 Å². The minimum Gasteiger partial charge on any atom is -0.462 e. The molecule has 6 nitrogen and oxygen atoms in total. The van der Waals surface area contributed by atoms with Gasteiger partial charge in [-0.25, -0.2) is 9.59 Å². The number of carbonyl (C=O) groups excluding carboxylic acids is 3.